The topological polar surface area (TPSA) is 99.3 Å². The average Bonchev–Trinajstić information content (AvgIpc) is 2.46. The molecule has 0 saturated heterocycles. The van der Waals surface area contributed by atoms with Gasteiger partial charge >= 0.3 is 6.03 Å². The first-order chi connectivity index (χ1) is 10.8. The summed E-state index contributed by atoms with van der Waals surface area (Å²) in [6.07, 6.45) is 0. The summed E-state index contributed by atoms with van der Waals surface area (Å²) < 4.78 is 0. The van der Waals surface area contributed by atoms with Gasteiger partial charge in [0.15, 0.2) is 0 Å². The van der Waals surface area contributed by atoms with E-state index in [0.717, 1.165) is 5.56 Å². The van der Waals surface area contributed by atoms with Crippen LogP contribution in [0.15, 0.2) is 24.3 Å². The third kappa shape index (κ3) is 6.48. The van der Waals surface area contributed by atoms with Gasteiger partial charge in [-0.2, -0.15) is 0 Å². The Kier molecular flexibility index (Phi) is 7.21. The van der Waals surface area contributed by atoms with Gasteiger partial charge in [-0.05, 0) is 38.5 Å². The van der Waals surface area contributed by atoms with Crippen LogP contribution in [-0.2, 0) is 9.59 Å². The van der Waals surface area contributed by atoms with Crippen LogP contribution in [-0.4, -0.2) is 30.4 Å². The van der Waals surface area contributed by atoms with E-state index in [9.17, 15) is 14.4 Å². The number of carbonyl (C=O) groups is 3. The van der Waals surface area contributed by atoms with Crippen molar-refractivity contribution in [2.45, 2.75) is 39.8 Å². The fourth-order valence-corrected chi connectivity index (χ4v) is 2.06. The molecule has 7 heteroatoms. The molecule has 1 aromatic rings. The molecule has 4 amide bonds. The molecule has 7 nitrogen and oxygen atoms in total. The number of benzene rings is 1. The van der Waals surface area contributed by atoms with Gasteiger partial charge in [-0.25, -0.2) is 4.79 Å². The molecule has 1 rings (SSSR count). The molecule has 0 aliphatic carbocycles. The smallest absolute Gasteiger partial charge is 0.321 e. The van der Waals surface area contributed by atoms with Crippen LogP contribution in [0.5, 0.6) is 0 Å². The van der Waals surface area contributed by atoms with Crippen LogP contribution in [0, 0.1) is 0 Å². The van der Waals surface area contributed by atoms with E-state index in [0.29, 0.717) is 12.2 Å². The van der Waals surface area contributed by atoms with Crippen molar-refractivity contribution in [1.82, 2.24) is 16.0 Å². The monoisotopic (exact) mass is 320 g/mol. The van der Waals surface area contributed by atoms with Crippen molar-refractivity contribution in [1.29, 1.82) is 0 Å². The molecule has 0 spiro atoms. The van der Waals surface area contributed by atoms with E-state index >= 15 is 0 Å². The third-order valence-electron chi connectivity index (χ3n) is 3.17. The fraction of sp³-hybridized carbons (Fsp3) is 0.438. The van der Waals surface area contributed by atoms with Crippen LogP contribution >= 0.6 is 0 Å². The number of imide groups is 1. The van der Waals surface area contributed by atoms with Crippen molar-refractivity contribution >= 4 is 23.5 Å². The summed E-state index contributed by atoms with van der Waals surface area (Å²) in [5, 5.41) is 10.6. The van der Waals surface area contributed by atoms with E-state index in [4.69, 9.17) is 0 Å². The molecular formula is C16H24N4O3. The summed E-state index contributed by atoms with van der Waals surface area (Å²) >= 11 is 0. The van der Waals surface area contributed by atoms with E-state index in [1.807, 2.05) is 25.1 Å². The van der Waals surface area contributed by atoms with Gasteiger partial charge in [0.05, 0.1) is 6.04 Å². The van der Waals surface area contributed by atoms with E-state index in [1.165, 1.54) is 6.92 Å². The highest BCUT2D eigenvalue weighted by Gasteiger charge is 2.18. The Morgan fingerprint density at radius 2 is 1.87 bits per heavy atom. The van der Waals surface area contributed by atoms with Crippen LogP contribution < -0.4 is 21.3 Å². The number of hydrogen-bond donors (Lipinski definition) is 4. The molecule has 0 radical (unpaired) electrons. The molecular weight excluding hydrogens is 296 g/mol. The van der Waals surface area contributed by atoms with Crippen LogP contribution in [0.25, 0.3) is 0 Å². The minimum absolute atomic E-state index is 0.126. The largest absolute Gasteiger partial charge is 0.338 e. The maximum absolute atomic E-state index is 11.9. The fourth-order valence-electron chi connectivity index (χ4n) is 2.06. The Morgan fingerprint density at radius 1 is 1.17 bits per heavy atom. The lowest BCUT2D eigenvalue weighted by Crippen LogP contribution is -2.48. The standard InChI is InChI=1S/C16H24N4O3/c1-5-17-16(23)20-15(22)11(3)18-10(2)13-7-6-8-14(9-13)19-12(4)21/h6-11,18H,5H2,1-4H3,(H,19,21)(H2,17,20,22,23). The number of urea groups is 1. The van der Waals surface area contributed by atoms with Crippen molar-refractivity contribution in [2.75, 3.05) is 11.9 Å². The molecule has 23 heavy (non-hydrogen) atoms. The van der Waals surface area contributed by atoms with Crippen molar-refractivity contribution in [3.63, 3.8) is 0 Å². The quantitative estimate of drug-likeness (QED) is 0.639. The van der Waals surface area contributed by atoms with Gasteiger partial charge in [0.25, 0.3) is 0 Å². The van der Waals surface area contributed by atoms with Crippen molar-refractivity contribution in [3.05, 3.63) is 29.8 Å². The van der Waals surface area contributed by atoms with Crippen molar-refractivity contribution in [3.8, 4) is 0 Å². The van der Waals surface area contributed by atoms with Gasteiger partial charge in [0.1, 0.15) is 0 Å². The molecule has 126 valence electrons. The highest BCUT2D eigenvalue weighted by Crippen LogP contribution is 2.17. The zero-order valence-corrected chi connectivity index (χ0v) is 13.9. The van der Waals surface area contributed by atoms with Gasteiger partial charge in [-0.1, -0.05) is 12.1 Å². The van der Waals surface area contributed by atoms with Gasteiger partial charge < -0.3 is 10.6 Å². The Morgan fingerprint density at radius 3 is 2.48 bits per heavy atom. The Balaban J connectivity index is 2.64. The van der Waals surface area contributed by atoms with E-state index in [-0.39, 0.29) is 11.9 Å². The number of anilines is 1. The minimum atomic E-state index is -0.544. The van der Waals surface area contributed by atoms with Gasteiger partial charge in [-0.3, -0.25) is 20.2 Å². The lowest BCUT2D eigenvalue weighted by molar-refractivity contribution is -0.121. The first kappa shape index (κ1) is 18.6. The van der Waals surface area contributed by atoms with Crippen molar-refractivity contribution in [2.24, 2.45) is 0 Å². The van der Waals surface area contributed by atoms with Crippen LogP contribution in [0.2, 0.25) is 0 Å². The van der Waals surface area contributed by atoms with Gasteiger partial charge in [-0.15, -0.1) is 0 Å². The van der Waals surface area contributed by atoms with Crippen LogP contribution in [0.3, 0.4) is 0 Å². The van der Waals surface area contributed by atoms with E-state index < -0.39 is 18.0 Å². The molecule has 2 atom stereocenters. The number of nitrogens with one attached hydrogen (secondary N) is 4. The van der Waals surface area contributed by atoms with Gasteiger partial charge in [0.2, 0.25) is 11.8 Å². The summed E-state index contributed by atoms with van der Waals surface area (Å²) in [5.74, 6) is -0.543. The molecule has 0 aliphatic heterocycles. The highest BCUT2D eigenvalue weighted by atomic mass is 16.2. The molecule has 0 bridgehead atoms. The van der Waals surface area contributed by atoms with E-state index in [2.05, 4.69) is 21.3 Å². The van der Waals surface area contributed by atoms with E-state index in [1.54, 1.807) is 19.9 Å². The molecule has 4 N–H and O–H groups in total. The first-order valence-electron chi connectivity index (χ1n) is 7.55. The lowest BCUT2D eigenvalue weighted by Gasteiger charge is -2.20. The number of amides is 4. The Bertz CT molecular complexity index is 574. The summed E-state index contributed by atoms with van der Waals surface area (Å²) in [5.41, 5.74) is 1.62. The van der Waals surface area contributed by atoms with Crippen LogP contribution in [0.4, 0.5) is 10.5 Å². The van der Waals surface area contributed by atoms with Crippen LogP contribution in [0.1, 0.15) is 39.3 Å². The molecule has 0 heterocycles. The second-order valence-corrected chi connectivity index (χ2v) is 5.27. The van der Waals surface area contributed by atoms with Gasteiger partial charge in [0, 0.05) is 25.2 Å². The maximum Gasteiger partial charge on any atom is 0.321 e. The molecule has 2 unspecified atom stereocenters. The molecule has 0 saturated carbocycles. The average molecular weight is 320 g/mol. The molecule has 0 fully saturated rings. The summed E-state index contributed by atoms with van der Waals surface area (Å²) in [4.78, 5) is 34.4. The molecule has 1 aromatic carbocycles. The second kappa shape index (κ2) is 8.89. The number of rotatable bonds is 6. The zero-order valence-electron chi connectivity index (χ0n) is 13.9. The summed E-state index contributed by atoms with van der Waals surface area (Å²) in [6.45, 7) is 7.26. The molecule has 0 aromatic heterocycles. The predicted molar refractivity (Wildman–Crippen MR) is 89.0 cm³/mol. The second-order valence-electron chi connectivity index (χ2n) is 5.27. The summed E-state index contributed by atoms with van der Waals surface area (Å²) in [6, 6.07) is 6.19. The Hall–Kier alpha value is -2.41. The highest BCUT2D eigenvalue weighted by molar-refractivity contribution is 5.96. The first-order valence-corrected chi connectivity index (χ1v) is 7.55. The normalized spacial score (nSPS) is 12.9. The minimum Gasteiger partial charge on any atom is -0.338 e. The number of hydrogen-bond acceptors (Lipinski definition) is 4. The zero-order chi connectivity index (χ0) is 17.4. The third-order valence-corrected chi connectivity index (χ3v) is 3.17. The maximum atomic E-state index is 11.9. The van der Waals surface area contributed by atoms with Crippen molar-refractivity contribution < 1.29 is 14.4 Å². The summed E-state index contributed by atoms with van der Waals surface area (Å²) in [7, 11) is 0. The predicted octanol–water partition coefficient (Wildman–Crippen LogP) is 1.53. The molecule has 0 aliphatic rings. The SMILES string of the molecule is CCNC(=O)NC(=O)C(C)NC(C)c1cccc(NC(C)=O)c1. The Labute approximate surface area is 136 Å². The number of carbonyl (C=O) groups excluding carboxylic acids is 3. The lowest BCUT2D eigenvalue weighted by atomic mass is 10.1.